The number of rotatable bonds is 0. The van der Waals surface area contributed by atoms with Gasteiger partial charge in [0.05, 0.1) is 6.61 Å². The molecule has 1 aliphatic heterocycles. The summed E-state index contributed by atoms with van der Waals surface area (Å²) in [5.74, 6) is 1.63. The van der Waals surface area contributed by atoms with E-state index in [-0.39, 0.29) is 0 Å². The Morgan fingerprint density at radius 3 is 2.93 bits per heavy atom. The van der Waals surface area contributed by atoms with Crippen LogP contribution >= 0.6 is 0 Å². The minimum atomic E-state index is 0.537. The lowest BCUT2D eigenvalue weighted by Crippen LogP contribution is -1.93. The molecule has 1 unspecified atom stereocenters. The molecular formula is C13H12O. The van der Waals surface area contributed by atoms with Crippen LogP contribution in [-0.2, 0) is 0 Å². The highest BCUT2D eigenvalue weighted by Crippen LogP contribution is 2.39. The summed E-state index contributed by atoms with van der Waals surface area (Å²) >= 11 is 0. The van der Waals surface area contributed by atoms with Gasteiger partial charge < -0.3 is 4.74 Å². The minimum Gasteiger partial charge on any atom is -0.492 e. The van der Waals surface area contributed by atoms with Gasteiger partial charge in [0, 0.05) is 16.9 Å². The van der Waals surface area contributed by atoms with Crippen molar-refractivity contribution in [3.63, 3.8) is 0 Å². The Hall–Kier alpha value is -1.50. The molecule has 0 spiro atoms. The standard InChI is InChI=1S/C13H12O/c1-9-8-14-13-11(9)7-6-10-4-2-3-5-12(10)13/h2-7,9H,8H2,1H3. The number of ether oxygens (including phenoxy) is 1. The Balaban J connectivity index is 2.38. The number of fused-ring (bicyclic) bond motifs is 3. The van der Waals surface area contributed by atoms with Gasteiger partial charge in [0.2, 0.25) is 0 Å². The molecule has 14 heavy (non-hydrogen) atoms. The first-order chi connectivity index (χ1) is 6.86. The highest BCUT2D eigenvalue weighted by Gasteiger charge is 2.21. The predicted molar refractivity (Wildman–Crippen MR) is 57.9 cm³/mol. The zero-order valence-corrected chi connectivity index (χ0v) is 8.16. The molecule has 0 saturated heterocycles. The molecule has 0 aromatic heterocycles. The van der Waals surface area contributed by atoms with Gasteiger partial charge in [-0.25, -0.2) is 0 Å². The second-order valence-electron chi connectivity index (χ2n) is 3.92. The van der Waals surface area contributed by atoms with E-state index in [0.717, 1.165) is 12.4 Å². The number of benzene rings is 2. The van der Waals surface area contributed by atoms with Crippen molar-refractivity contribution in [1.82, 2.24) is 0 Å². The second-order valence-corrected chi connectivity index (χ2v) is 3.92. The first kappa shape index (κ1) is 7.86. The van der Waals surface area contributed by atoms with Crippen LogP contribution in [0.1, 0.15) is 18.4 Å². The molecule has 0 fully saturated rings. The van der Waals surface area contributed by atoms with E-state index in [2.05, 4.69) is 43.3 Å². The third-order valence-electron chi connectivity index (χ3n) is 2.92. The highest BCUT2D eigenvalue weighted by atomic mass is 16.5. The number of hydrogen-bond acceptors (Lipinski definition) is 1. The molecule has 0 bridgehead atoms. The van der Waals surface area contributed by atoms with Crippen LogP contribution in [0, 0.1) is 0 Å². The van der Waals surface area contributed by atoms with Crippen LogP contribution in [0.25, 0.3) is 10.8 Å². The van der Waals surface area contributed by atoms with Crippen LogP contribution < -0.4 is 4.74 Å². The molecule has 0 aliphatic carbocycles. The van der Waals surface area contributed by atoms with Crippen LogP contribution in [0.3, 0.4) is 0 Å². The fourth-order valence-electron chi connectivity index (χ4n) is 2.11. The molecule has 1 heterocycles. The average molecular weight is 184 g/mol. The van der Waals surface area contributed by atoms with Gasteiger partial charge in [0.1, 0.15) is 5.75 Å². The Bertz CT molecular complexity index is 488. The van der Waals surface area contributed by atoms with Crippen LogP contribution in [-0.4, -0.2) is 6.61 Å². The van der Waals surface area contributed by atoms with Crippen LogP contribution in [0.5, 0.6) is 5.75 Å². The lowest BCUT2D eigenvalue weighted by molar-refractivity contribution is 0.340. The summed E-state index contributed by atoms with van der Waals surface area (Å²) in [6.07, 6.45) is 0. The maximum Gasteiger partial charge on any atom is 0.130 e. The van der Waals surface area contributed by atoms with Crippen molar-refractivity contribution < 1.29 is 4.74 Å². The molecule has 0 amide bonds. The Kier molecular flexibility index (Phi) is 1.54. The lowest BCUT2D eigenvalue weighted by Gasteiger charge is -2.04. The van der Waals surface area contributed by atoms with Crippen LogP contribution in [0.4, 0.5) is 0 Å². The monoisotopic (exact) mass is 184 g/mol. The second kappa shape index (κ2) is 2.74. The van der Waals surface area contributed by atoms with E-state index in [1.165, 1.54) is 16.3 Å². The molecule has 1 atom stereocenters. The third-order valence-corrected chi connectivity index (χ3v) is 2.92. The lowest BCUT2D eigenvalue weighted by atomic mass is 9.99. The maximum atomic E-state index is 5.72. The summed E-state index contributed by atoms with van der Waals surface area (Å²) in [7, 11) is 0. The summed E-state index contributed by atoms with van der Waals surface area (Å²) < 4.78 is 5.72. The van der Waals surface area contributed by atoms with Crippen molar-refractivity contribution in [2.45, 2.75) is 12.8 Å². The molecule has 2 aromatic rings. The molecule has 1 nitrogen and oxygen atoms in total. The van der Waals surface area contributed by atoms with Crippen LogP contribution in [0.15, 0.2) is 36.4 Å². The van der Waals surface area contributed by atoms with Gasteiger partial charge in [0.25, 0.3) is 0 Å². The first-order valence-electron chi connectivity index (χ1n) is 5.01. The van der Waals surface area contributed by atoms with E-state index in [4.69, 9.17) is 4.74 Å². The Morgan fingerprint density at radius 1 is 1.14 bits per heavy atom. The van der Waals surface area contributed by atoms with Gasteiger partial charge in [0.15, 0.2) is 0 Å². The third kappa shape index (κ3) is 0.955. The van der Waals surface area contributed by atoms with Gasteiger partial charge >= 0.3 is 0 Å². The summed E-state index contributed by atoms with van der Waals surface area (Å²) in [5, 5.41) is 2.51. The van der Waals surface area contributed by atoms with Crippen LogP contribution in [0.2, 0.25) is 0 Å². The quantitative estimate of drug-likeness (QED) is 0.610. The average Bonchev–Trinajstić information content (AvgIpc) is 2.61. The zero-order valence-electron chi connectivity index (χ0n) is 8.16. The van der Waals surface area contributed by atoms with Gasteiger partial charge in [-0.1, -0.05) is 43.3 Å². The minimum absolute atomic E-state index is 0.537. The number of hydrogen-bond donors (Lipinski definition) is 0. The van der Waals surface area contributed by atoms with Gasteiger partial charge in [-0.15, -0.1) is 0 Å². The van der Waals surface area contributed by atoms with E-state index in [9.17, 15) is 0 Å². The molecule has 2 aromatic carbocycles. The molecule has 1 heteroatoms. The Morgan fingerprint density at radius 2 is 2.00 bits per heavy atom. The molecule has 1 aliphatic rings. The first-order valence-corrected chi connectivity index (χ1v) is 5.01. The molecule has 3 rings (SSSR count). The predicted octanol–water partition coefficient (Wildman–Crippen LogP) is 3.34. The summed E-state index contributed by atoms with van der Waals surface area (Å²) in [4.78, 5) is 0. The summed E-state index contributed by atoms with van der Waals surface area (Å²) in [6.45, 7) is 3.03. The largest absolute Gasteiger partial charge is 0.492 e. The van der Waals surface area contributed by atoms with Gasteiger partial charge in [-0.2, -0.15) is 0 Å². The Labute approximate surface area is 83.3 Å². The SMILES string of the molecule is CC1COc2c1ccc1ccccc21. The zero-order chi connectivity index (χ0) is 9.54. The molecular weight excluding hydrogens is 172 g/mol. The van der Waals surface area contributed by atoms with Crippen molar-refractivity contribution in [3.05, 3.63) is 42.0 Å². The molecule has 70 valence electrons. The molecule has 0 radical (unpaired) electrons. The summed E-state index contributed by atoms with van der Waals surface area (Å²) in [6, 6.07) is 12.8. The normalized spacial score (nSPS) is 19.4. The van der Waals surface area contributed by atoms with Crippen molar-refractivity contribution in [1.29, 1.82) is 0 Å². The van der Waals surface area contributed by atoms with E-state index >= 15 is 0 Å². The molecule has 0 N–H and O–H groups in total. The fourth-order valence-corrected chi connectivity index (χ4v) is 2.11. The van der Waals surface area contributed by atoms with E-state index in [0.29, 0.717) is 5.92 Å². The highest BCUT2D eigenvalue weighted by molar-refractivity contribution is 5.90. The van der Waals surface area contributed by atoms with Crippen molar-refractivity contribution in [2.24, 2.45) is 0 Å². The topological polar surface area (TPSA) is 9.23 Å². The molecule has 0 saturated carbocycles. The van der Waals surface area contributed by atoms with Gasteiger partial charge in [-0.05, 0) is 5.39 Å². The van der Waals surface area contributed by atoms with Crippen molar-refractivity contribution in [2.75, 3.05) is 6.61 Å². The smallest absolute Gasteiger partial charge is 0.130 e. The van der Waals surface area contributed by atoms with E-state index in [1.54, 1.807) is 0 Å². The van der Waals surface area contributed by atoms with E-state index in [1.807, 2.05) is 0 Å². The van der Waals surface area contributed by atoms with Crippen molar-refractivity contribution in [3.8, 4) is 5.75 Å². The van der Waals surface area contributed by atoms with Crippen molar-refractivity contribution >= 4 is 10.8 Å². The maximum absolute atomic E-state index is 5.72. The van der Waals surface area contributed by atoms with Gasteiger partial charge in [-0.3, -0.25) is 0 Å². The fraction of sp³-hybridized carbons (Fsp3) is 0.231. The van der Waals surface area contributed by atoms with E-state index < -0.39 is 0 Å². The summed E-state index contributed by atoms with van der Waals surface area (Å²) in [5.41, 5.74) is 1.35.